The average Bonchev–Trinajstić information content (AvgIpc) is 2.97. The molecule has 0 unspecified atom stereocenters. The lowest BCUT2D eigenvalue weighted by Crippen LogP contribution is -2.54. The maximum atomic E-state index is 12.2. The molecule has 132 valence electrons. The van der Waals surface area contributed by atoms with Crippen molar-refractivity contribution < 1.29 is 14.4 Å². The molecule has 1 aliphatic heterocycles. The molecule has 0 aromatic carbocycles. The molecule has 1 fully saturated rings. The van der Waals surface area contributed by atoms with Crippen LogP contribution >= 0.6 is 27.3 Å². The highest BCUT2D eigenvalue weighted by Crippen LogP contribution is 2.22. The quantitative estimate of drug-likeness (QED) is 0.819. The molecular formula is C16H22BrN3O3S. The summed E-state index contributed by atoms with van der Waals surface area (Å²) in [4.78, 5) is 40.5. The number of hydrogen-bond donors (Lipinski definition) is 1. The van der Waals surface area contributed by atoms with E-state index in [0.29, 0.717) is 31.1 Å². The van der Waals surface area contributed by atoms with E-state index >= 15 is 0 Å². The molecule has 6 nitrogen and oxygen atoms in total. The van der Waals surface area contributed by atoms with E-state index in [0.717, 1.165) is 3.79 Å². The third-order valence-electron chi connectivity index (χ3n) is 3.76. The predicted octanol–water partition coefficient (Wildman–Crippen LogP) is 1.96. The molecule has 2 rings (SSSR count). The first-order chi connectivity index (χ1) is 11.2. The van der Waals surface area contributed by atoms with E-state index in [1.165, 1.54) is 11.3 Å². The van der Waals surface area contributed by atoms with E-state index < -0.39 is 5.41 Å². The Morgan fingerprint density at radius 2 is 1.71 bits per heavy atom. The highest BCUT2D eigenvalue weighted by Gasteiger charge is 2.30. The molecule has 0 saturated carbocycles. The van der Waals surface area contributed by atoms with Crippen LogP contribution in [-0.2, 0) is 9.59 Å². The molecule has 1 N–H and O–H groups in total. The normalized spacial score (nSPS) is 15.3. The minimum Gasteiger partial charge on any atom is -0.342 e. The highest BCUT2D eigenvalue weighted by molar-refractivity contribution is 9.11. The Kier molecular flexibility index (Phi) is 6.03. The molecular weight excluding hydrogens is 394 g/mol. The lowest BCUT2D eigenvalue weighted by atomic mass is 9.94. The van der Waals surface area contributed by atoms with Crippen molar-refractivity contribution in [1.82, 2.24) is 15.1 Å². The summed E-state index contributed by atoms with van der Waals surface area (Å²) < 4.78 is 0.874. The van der Waals surface area contributed by atoms with Gasteiger partial charge < -0.3 is 15.1 Å². The maximum absolute atomic E-state index is 12.2. The number of hydrogen-bond acceptors (Lipinski definition) is 4. The summed E-state index contributed by atoms with van der Waals surface area (Å²) in [5.41, 5.74) is -0.408. The Morgan fingerprint density at radius 1 is 1.12 bits per heavy atom. The highest BCUT2D eigenvalue weighted by atomic mass is 79.9. The van der Waals surface area contributed by atoms with Gasteiger partial charge in [0.25, 0.3) is 5.91 Å². The second kappa shape index (κ2) is 7.65. The molecule has 0 atom stereocenters. The number of halogens is 1. The SMILES string of the molecule is CC(C)(C)C(=O)N1CCN(C(=O)CNC(=O)c2ccc(Br)s2)CC1. The summed E-state index contributed by atoms with van der Waals surface area (Å²) in [5, 5.41) is 2.65. The number of carbonyl (C=O) groups excluding carboxylic acids is 3. The summed E-state index contributed by atoms with van der Waals surface area (Å²) >= 11 is 4.63. The number of amides is 3. The molecule has 24 heavy (non-hydrogen) atoms. The first-order valence-electron chi connectivity index (χ1n) is 7.79. The van der Waals surface area contributed by atoms with Crippen LogP contribution in [0.4, 0.5) is 0 Å². The van der Waals surface area contributed by atoms with E-state index in [-0.39, 0.29) is 24.3 Å². The molecule has 0 aliphatic carbocycles. The van der Waals surface area contributed by atoms with Crippen LogP contribution in [0.2, 0.25) is 0 Å². The van der Waals surface area contributed by atoms with E-state index in [9.17, 15) is 14.4 Å². The van der Waals surface area contributed by atoms with Gasteiger partial charge in [-0.05, 0) is 28.1 Å². The van der Waals surface area contributed by atoms with Crippen molar-refractivity contribution in [3.8, 4) is 0 Å². The van der Waals surface area contributed by atoms with Crippen LogP contribution in [0.25, 0.3) is 0 Å². The predicted molar refractivity (Wildman–Crippen MR) is 97.0 cm³/mol. The van der Waals surface area contributed by atoms with E-state index in [1.54, 1.807) is 21.9 Å². The molecule has 0 bridgehead atoms. The van der Waals surface area contributed by atoms with Crippen LogP contribution in [0.15, 0.2) is 15.9 Å². The number of rotatable bonds is 3. The van der Waals surface area contributed by atoms with Crippen LogP contribution in [0.3, 0.4) is 0 Å². The van der Waals surface area contributed by atoms with Crippen molar-refractivity contribution >= 4 is 45.0 Å². The third-order valence-corrected chi connectivity index (χ3v) is 5.38. The van der Waals surface area contributed by atoms with Gasteiger partial charge in [-0.3, -0.25) is 14.4 Å². The van der Waals surface area contributed by atoms with Gasteiger partial charge in [-0.25, -0.2) is 0 Å². The topological polar surface area (TPSA) is 69.7 Å². The summed E-state index contributed by atoms with van der Waals surface area (Å²) in [5.74, 6) is -0.270. The maximum Gasteiger partial charge on any atom is 0.261 e. The van der Waals surface area contributed by atoms with Gasteiger partial charge in [0.2, 0.25) is 11.8 Å². The molecule has 1 saturated heterocycles. The number of thiophene rings is 1. The van der Waals surface area contributed by atoms with E-state index in [1.807, 2.05) is 20.8 Å². The molecule has 8 heteroatoms. The van der Waals surface area contributed by atoms with Gasteiger partial charge >= 0.3 is 0 Å². The average molecular weight is 416 g/mol. The summed E-state index contributed by atoms with van der Waals surface area (Å²) in [6, 6.07) is 3.51. The fourth-order valence-corrected chi connectivity index (χ4v) is 3.73. The van der Waals surface area contributed by atoms with Crippen molar-refractivity contribution in [1.29, 1.82) is 0 Å². The molecule has 1 aromatic rings. The first-order valence-corrected chi connectivity index (χ1v) is 9.40. The van der Waals surface area contributed by atoms with Crippen LogP contribution in [0, 0.1) is 5.41 Å². The van der Waals surface area contributed by atoms with Gasteiger partial charge in [-0.15, -0.1) is 11.3 Å². The number of carbonyl (C=O) groups is 3. The number of nitrogens with zero attached hydrogens (tertiary/aromatic N) is 2. The minimum absolute atomic E-state index is 0.0262. The molecule has 0 spiro atoms. The van der Waals surface area contributed by atoms with Gasteiger partial charge in [-0.2, -0.15) is 0 Å². The lowest BCUT2D eigenvalue weighted by Gasteiger charge is -2.37. The number of piperazine rings is 1. The van der Waals surface area contributed by atoms with Gasteiger partial charge in [0.05, 0.1) is 15.2 Å². The van der Waals surface area contributed by atoms with Crippen molar-refractivity contribution in [2.45, 2.75) is 20.8 Å². The fourth-order valence-electron chi connectivity index (χ4n) is 2.42. The lowest BCUT2D eigenvalue weighted by molar-refractivity contribution is -0.144. The monoisotopic (exact) mass is 415 g/mol. The first kappa shape index (κ1) is 18.9. The van der Waals surface area contributed by atoms with Crippen molar-refractivity contribution in [3.63, 3.8) is 0 Å². The van der Waals surface area contributed by atoms with Crippen molar-refractivity contribution in [3.05, 3.63) is 20.8 Å². The zero-order valence-electron chi connectivity index (χ0n) is 14.1. The van der Waals surface area contributed by atoms with Gasteiger partial charge in [0.1, 0.15) is 0 Å². The van der Waals surface area contributed by atoms with Crippen molar-refractivity contribution in [2.24, 2.45) is 5.41 Å². The molecule has 3 amide bonds. The summed E-state index contributed by atoms with van der Waals surface area (Å²) in [6.45, 7) is 7.73. The fraction of sp³-hybridized carbons (Fsp3) is 0.562. The van der Waals surface area contributed by atoms with Gasteiger partial charge in [0.15, 0.2) is 0 Å². The van der Waals surface area contributed by atoms with Crippen molar-refractivity contribution in [2.75, 3.05) is 32.7 Å². The Morgan fingerprint density at radius 3 is 2.21 bits per heavy atom. The zero-order chi connectivity index (χ0) is 17.9. The molecule has 2 heterocycles. The summed E-state index contributed by atoms with van der Waals surface area (Å²) in [6.07, 6.45) is 0. The molecule has 0 radical (unpaired) electrons. The smallest absolute Gasteiger partial charge is 0.261 e. The Hall–Kier alpha value is -1.41. The zero-order valence-corrected chi connectivity index (χ0v) is 16.5. The second-order valence-corrected chi connectivity index (χ2v) is 9.17. The van der Waals surface area contributed by atoms with Crippen LogP contribution in [0.1, 0.15) is 30.4 Å². The Labute approximate surface area is 154 Å². The van der Waals surface area contributed by atoms with E-state index in [2.05, 4.69) is 21.2 Å². The van der Waals surface area contributed by atoms with Crippen LogP contribution < -0.4 is 5.32 Å². The van der Waals surface area contributed by atoms with E-state index in [4.69, 9.17) is 0 Å². The molecule has 1 aromatic heterocycles. The second-order valence-electron chi connectivity index (χ2n) is 6.71. The van der Waals surface area contributed by atoms with Gasteiger partial charge in [0, 0.05) is 31.6 Å². The van der Waals surface area contributed by atoms with Crippen LogP contribution in [-0.4, -0.2) is 60.2 Å². The standard InChI is InChI=1S/C16H22BrN3O3S/c1-16(2,3)15(23)20-8-6-19(7-9-20)13(21)10-18-14(22)11-4-5-12(17)24-11/h4-5H,6-10H2,1-3H3,(H,18,22). The van der Waals surface area contributed by atoms with Gasteiger partial charge in [-0.1, -0.05) is 20.8 Å². The minimum atomic E-state index is -0.408. The molecule has 1 aliphatic rings. The third kappa shape index (κ3) is 4.80. The number of nitrogens with one attached hydrogen (secondary N) is 1. The van der Waals surface area contributed by atoms with Crippen LogP contribution in [0.5, 0.6) is 0 Å². The largest absolute Gasteiger partial charge is 0.342 e. The Balaban J connectivity index is 1.79. The summed E-state index contributed by atoms with van der Waals surface area (Å²) in [7, 11) is 0. The Bertz CT molecular complexity index is 631.